The quantitative estimate of drug-likeness (QED) is 0.508. The van der Waals surface area contributed by atoms with E-state index in [2.05, 4.69) is 26.2 Å². The van der Waals surface area contributed by atoms with Crippen LogP contribution in [0.3, 0.4) is 0 Å². The van der Waals surface area contributed by atoms with Gasteiger partial charge in [0.1, 0.15) is 10.8 Å². The summed E-state index contributed by atoms with van der Waals surface area (Å²) in [6, 6.07) is 17.7. The normalized spacial score (nSPS) is 10.5. The third-order valence-electron chi connectivity index (χ3n) is 3.70. The first-order valence-corrected chi connectivity index (χ1v) is 10.0. The summed E-state index contributed by atoms with van der Waals surface area (Å²) in [5, 5.41) is 5.84. The number of ether oxygens (including phenoxy) is 1. The van der Waals surface area contributed by atoms with Crippen molar-refractivity contribution in [2.24, 2.45) is 0 Å². The van der Waals surface area contributed by atoms with Crippen LogP contribution in [-0.4, -0.2) is 17.5 Å². The molecule has 0 spiro atoms. The Labute approximate surface area is 165 Å². The van der Waals surface area contributed by atoms with Gasteiger partial charge in [0.25, 0.3) is 0 Å². The molecule has 6 heteroatoms. The fraction of sp³-hybridized carbons (Fsp3) is 0.200. The van der Waals surface area contributed by atoms with Crippen LogP contribution in [0.4, 0.5) is 0 Å². The second kappa shape index (κ2) is 9.50. The van der Waals surface area contributed by atoms with E-state index in [-0.39, 0.29) is 5.91 Å². The molecule has 1 amide bonds. The van der Waals surface area contributed by atoms with Crippen LogP contribution >= 0.6 is 27.3 Å². The van der Waals surface area contributed by atoms with Gasteiger partial charge in [0.2, 0.25) is 5.91 Å². The summed E-state index contributed by atoms with van der Waals surface area (Å²) in [7, 11) is 0. The molecule has 0 aliphatic rings. The van der Waals surface area contributed by atoms with E-state index in [1.165, 1.54) is 0 Å². The summed E-state index contributed by atoms with van der Waals surface area (Å²) < 4.78 is 6.58. The molecule has 0 fully saturated rings. The number of nitrogens with one attached hydrogen (secondary N) is 1. The zero-order valence-electron chi connectivity index (χ0n) is 14.2. The monoisotopic (exact) mass is 430 g/mol. The van der Waals surface area contributed by atoms with Crippen LogP contribution in [-0.2, 0) is 11.3 Å². The third-order valence-corrected chi connectivity index (χ3v) is 5.20. The number of thiazole rings is 1. The topological polar surface area (TPSA) is 51.2 Å². The molecule has 1 aromatic heterocycles. The highest BCUT2D eigenvalue weighted by molar-refractivity contribution is 9.10. The Balaban J connectivity index is 1.38. The van der Waals surface area contributed by atoms with Gasteiger partial charge >= 0.3 is 0 Å². The number of aromatic nitrogens is 1. The molecule has 0 atom stereocenters. The van der Waals surface area contributed by atoms with Gasteiger partial charge in [-0.15, -0.1) is 11.3 Å². The van der Waals surface area contributed by atoms with Gasteiger partial charge in [-0.3, -0.25) is 4.79 Å². The molecular formula is C20H19BrN2O2S. The standard InChI is InChI=1S/C20H19BrN2O2S/c21-16-9-4-5-10-18(16)25-12-6-11-19(24)22-13-20-23-17(14-26-20)15-7-2-1-3-8-15/h1-5,7-10,14H,6,11-13H2,(H,22,24). The van der Waals surface area contributed by atoms with Crippen LogP contribution in [0.2, 0.25) is 0 Å². The predicted octanol–water partition coefficient (Wildman–Crippen LogP) is 5.05. The van der Waals surface area contributed by atoms with Gasteiger partial charge in [0, 0.05) is 17.4 Å². The van der Waals surface area contributed by atoms with Gasteiger partial charge in [-0.25, -0.2) is 4.98 Å². The van der Waals surface area contributed by atoms with Crippen LogP contribution in [0, 0.1) is 0 Å². The van der Waals surface area contributed by atoms with Crippen molar-refractivity contribution in [3.63, 3.8) is 0 Å². The second-order valence-electron chi connectivity index (χ2n) is 5.65. The summed E-state index contributed by atoms with van der Waals surface area (Å²) in [5.41, 5.74) is 2.03. The lowest BCUT2D eigenvalue weighted by atomic mass is 10.2. The van der Waals surface area contributed by atoms with Crippen molar-refractivity contribution in [3.05, 3.63) is 69.5 Å². The number of amides is 1. The number of hydrogen-bond acceptors (Lipinski definition) is 4. The zero-order chi connectivity index (χ0) is 18.2. The first-order valence-electron chi connectivity index (χ1n) is 8.36. The maximum atomic E-state index is 12.0. The van der Waals surface area contributed by atoms with Crippen molar-refractivity contribution in [3.8, 4) is 17.0 Å². The molecular weight excluding hydrogens is 412 g/mol. The van der Waals surface area contributed by atoms with Crippen LogP contribution in [0.5, 0.6) is 5.75 Å². The molecule has 0 unspecified atom stereocenters. The molecule has 26 heavy (non-hydrogen) atoms. The highest BCUT2D eigenvalue weighted by Crippen LogP contribution is 2.24. The second-order valence-corrected chi connectivity index (χ2v) is 7.45. The Bertz CT molecular complexity index is 852. The summed E-state index contributed by atoms with van der Waals surface area (Å²) in [6.45, 7) is 0.965. The maximum Gasteiger partial charge on any atom is 0.220 e. The average Bonchev–Trinajstić information content (AvgIpc) is 3.15. The number of halogens is 1. The van der Waals surface area contributed by atoms with E-state index in [1.807, 2.05) is 60.0 Å². The molecule has 0 aliphatic heterocycles. The molecule has 3 rings (SSSR count). The summed E-state index contributed by atoms with van der Waals surface area (Å²) >= 11 is 4.99. The van der Waals surface area contributed by atoms with Gasteiger partial charge in [0.15, 0.2) is 0 Å². The zero-order valence-corrected chi connectivity index (χ0v) is 16.6. The van der Waals surface area contributed by atoms with E-state index in [9.17, 15) is 4.79 Å². The highest BCUT2D eigenvalue weighted by atomic mass is 79.9. The molecule has 0 bridgehead atoms. The summed E-state index contributed by atoms with van der Waals surface area (Å²) in [6.07, 6.45) is 1.10. The largest absolute Gasteiger partial charge is 0.492 e. The number of rotatable bonds is 8. The lowest BCUT2D eigenvalue weighted by Crippen LogP contribution is -2.22. The smallest absolute Gasteiger partial charge is 0.220 e. The van der Waals surface area contributed by atoms with Gasteiger partial charge in [-0.2, -0.15) is 0 Å². The van der Waals surface area contributed by atoms with Crippen molar-refractivity contribution in [1.82, 2.24) is 10.3 Å². The number of carbonyl (C=O) groups excluding carboxylic acids is 1. The molecule has 1 heterocycles. The molecule has 4 nitrogen and oxygen atoms in total. The first kappa shape index (κ1) is 18.6. The van der Waals surface area contributed by atoms with Crippen molar-refractivity contribution in [2.75, 3.05) is 6.61 Å². The van der Waals surface area contributed by atoms with E-state index in [4.69, 9.17) is 4.74 Å². The Morgan fingerprint density at radius 2 is 1.88 bits per heavy atom. The molecule has 134 valence electrons. The Morgan fingerprint density at radius 1 is 1.12 bits per heavy atom. The van der Waals surface area contributed by atoms with E-state index in [1.54, 1.807) is 11.3 Å². The van der Waals surface area contributed by atoms with Crippen molar-refractivity contribution >= 4 is 33.2 Å². The Hall–Kier alpha value is -2.18. The van der Waals surface area contributed by atoms with Crippen molar-refractivity contribution < 1.29 is 9.53 Å². The van der Waals surface area contributed by atoms with Crippen LogP contribution in [0.15, 0.2) is 64.5 Å². The Morgan fingerprint density at radius 3 is 2.69 bits per heavy atom. The first-order chi connectivity index (χ1) is 12.7. The lowest BCUT2D eigenvalue weighted by molar-refractivity contribution is -0.121. The number of nitrogens with zero attached hydrogens (tertiary/aromatic N) is 1. The predicted molar refractivity (Wildman–Crippen MR) is 108 cm³/mol. The number of carbonyl (C=O) groups is 1. The number of benzene rings is 2. The molecule has 2 aromatic carbocycles. The number of para-hydroxylation sites is 1. The SMILES string of the molecule is O=C(CCCOc1ccccc1Br)NCc1nc(-c2ccccc2)cs1. The van der Waals surface area contributed by atoms with E-state index in [0.29, 0.717) is 26.0 Å². The summed E-state index contributed by atoms with van der Waals surface area (Å²) in [5.74, 6) is 0.807. The lowest BCUT2D eigenvalue weighted by Gasteiger charge is -2.07. The molecule has 0 saturated heterocycles. The molecule has 0 radical (unpaired) electrons. The van der Waals surface area contributed by atoms with Gasteiger partial charge in [0.05, 0.1) is 23.3 Å². The average molecular weight is 431 g/mol. The Kier molecular flexibility index (Phi) is 6.80. The molecule has 0 saturated carbocycles. The fourth-order valence-corrected chi connectivity index (χ4v) is 3.52. The molecule has 3 aromatic rings. The van der Waals surface area contributed by atoms with Crippen molar-refractivity contribution in [1.29, 1.82) is 0 Å². The van der Waals surface area contributed by atoms with Gasteiger partial charge < -0.3 is 10.1 Å². The minimum Gasteiger partial charge on any atom is -0.492 e. The highest BCUT2D eigenvalue weighted by Gasteiger charge is 2.07. The molecule has 1 N–H and O–H groups in total. The van der Waals surface area contributed by atoms with Crippen molar-refractivity contribution in [2.45, 2.75) is 19.4 Å². The van der Waals surface area contributed by atoms with Crippen LogP contribution in [0.1, 0.15) is 17.8 Å². The van der Waals surface area contributed by atoms with Gasteiger partial charge in [-0.1, -0.05) is 42.5 Å². The minimum absolute atomic E-state index is 0.0113. The van der Waals surface area contributed by atoms with E-state index >= 15 is 0 Å². The minimum atomic E-state index is 0.0113. The van der Waals surface area contributed by atoms with Crippen LogP contribution < -0.4 is 10.1 Å². The summed E-state index contributed by atoms with van der Waals surface area (Å²) in [4.78, 5) is 16.5. The van der Waals surface area contributed by atoms with E-state index < -0.39 is 0 Å². The maximum absolute atomic E-state index is 12.0. The molecule has 0 aliphatic carbocycles. The van der Waals surface area contributed by atoms with Crippen LogP contribution in [0.25, 0.3) is 11.3 Å². The van der Waals surface area contributed by atoms with Gasteiger partial charge in [-0.05, 0) is 34.5 Å². The third kappa shape index (κ3) is 5.41. The van der Waals surface area contributed by atoms with E-state index in [0.717, 1.165) is 26.5 Å². The number of hydrogen-bond donors (Lipinski definition) is 1. The fourth-order valence-electron chi connectivity index (χ4n) is 2.37.